The normalized spacial score (nSPS) is 10.6. The molecule has 2 nitrogen and oxygen atoms in total. The van der Waals surface area contributed by atoms with Gasteiger partial charge in [-0.05, 0) is 18.4 Å². The molecule has 0 atom stereocenters. The molecule has 0 aliphatic heterocycles. The number of rotatable bonds is 9. The highest BCUT2D eigenvalue weighted by Gasteiger charge is 2.04. The average molecular weight is 248 g/mol. The molecule has 1 aromatic carbocycles. The lowest BCUT2D eigenvalue weighted by Gasteiger charge is -2.04. The van der Waals surface area contributed by atoms with Gasteiger partial charge in [0.15, 0.2) is 5.78 Å². The number of benzene rings is 1. The van der Waals surface area contributed by atoms with E-state index < -0.39 is 0 Å². The zero-order valence-electron chi connectivity index (χ0n) is 11.6. The highest BCUT2D eigenvalue weighted by atomic mass is 16.5. The molecule has 0 saturated heterocycles. The van der Waals surface area contributed by atoms with E-state index in [1.165, 1.54) is 31.2 Å². The first-order valence-electron chi connectivity index (χ1n) is 6.89. The smallest absolute Gasteiger partial charge is 0.165 e. The predicted octanol–water partition coefficient (Wildman–Crippen LogP) is 4.03. The van der Waals surface area contributed by atoms with Crippen LogP contribution >= 0.6 is 0 Å². The minimum absolute atomic E-state index is 0.161. The molecule has 100 valence electrons. The number of methoxy groups -OCH3 is 1. The Bertz CT molecular complexity index is 341. The Labute approximate surface area is 110 Å². The zero-order chi connectivity index (χ0) is 13.2. The van der Waals surface area contributed by atoms with Gasteiger partial charge in [-0.2, -0.15) is 0 Å². The summed E-state index contributed by atoms with van der Waals surface area (Å²) in [6.45, 7) is 2.72. The van der Waals surface area contributed by atoms with Crippen molar-refractivity contribution in [2.24, 2.45) is 0 Å². The van der Waals surface area contributed by atoms with Crippen LogP contribution in [0.3, 0.4) is 0 Å². The highest BCUT2D eigenvalue weighted by Crippen LogP contribution is 2.11. The number of ketones is 1. The first kappa shape index (κ1) is 14.9. The van der Waals surface area contributed by atoms with Crippen LogP contribution in [0.4, 0.5) is 0 Å². The number of aryl methyl sites for hydroxylation is 1. The van der Waals surface area contributed by atoms with Crippen molar-refractivity contribution in [3.63, 3.8) is 0 Å². The van der Waals surface area contributed by atoms with Gasteiger partial charge in [0.05, 0.1) is 6.61 Å². The minimum Gasteiger partial charge on any atom is -0.384 e. The Balaban J connectivity index is 2.39. The topological polar surface area (TPSA) is 26.3 Å². The quantitative estimate of drug-likeness (QED) is 0.487. The summed E-state index contributed by atoms with van der Waals surface area (Å²) in [5.74, 6) is 0.161. The first-order valence-corrected chi connectivity index (χ1v) is 6.89. The number of carbonyl (C=O) groups is 1. The van der Waals surface area contributed by atoms with Crippen LogP contribution < -0.4 is 0 Å². The Kier molecular flexibility index (Phi) is 7.35. The molecule has 0 amide bonds. The van der Waals surface area contributed by atoms with Gasteiger partial charge in [0.25, 0.3) is 0 Å². The molecular formula is C16H24O2. The first-order chi connectivity index (χ1) is 8.77. The molecule has 0 N–H and O–H groups in total. The molecule has 0 fully saturated rings. The van der Waals surface area contributed by atoms with Crippen LogP contribution in [0, 0.1) is 0 Å². The molecule has 18 heavy (non-hydrogen) atoms. The second-order valence-electron chi connectivity index (χ2n) is 4.67. The van der Waals surface area contributed by atoms with Crippen molar-refractivity contribution >= 4 is 5.78 Å². The molecule has 0 spiro atoms. The van der Waals surface area contributed by atoms with Crippen LogP contribution in [0.1, 0.15) is 54.9 Å². The summed E-state index contributed by atoms with van der Waals surface area (Å²) in [4.78, 5) is 11.7. The lowest BCUT2D eigenvalue weighted by Crippen LogP contribution is -2.03. The molecule has 0 heterocycles. The average Bonchev–Trinajstić information content (AvgIpc) is 2.41. The van der Waals surface area contributed by atoms with E-state index in [1.807, 2.05) is 12.1 Å². The summed E-state index contributed by atoms with van der Waals surface area (Å²) in [6.07, 6.45) is 6.70. The predicted molar refractivity (Wildman–Crippen MR) is 75.1 cm³/mol. The van der Waals surface area contributed by atoms with Gasteiger partial charge >= 0.3 is 0 Å². The van der Waals surface area contributed by atoms with Gasteiger partial charge in [0, 0.05) is 19.1 Å². The molecule has 0 aliphatic rings. The summed E-state index contributed by atoms with van der Waals surface area (Å²) in [6, 6.07) is 8.03. The van der Waals surface area contributed by atoms with Crippen LogP contribution in [0.25, 0.3) is 0 Å². The second-order valence-corrected chi connectivity index (χ2v) is 4.67. The summed E-state index contributed by atoms with van der Waals surface area (Å²) >= 11 is 0. The second kappa shape index (κ2) is 8.87. The van der Waals surface area contributed by atoms with Crippen molar-refractivity contribution in [1.82, 2.24) is 0 Å². The highest BCUT2D eigenvalue weighted by molar-refractivity contribution is 5.96. The lowest BCUT2D eigenvalue weighted by molar-refractivity contribution is 0.0932. The molecular weight excluding hydrogens is 224 g/mol. The monoisotopic (exact) mass is 248 g/mol. The van der Waals surface area contributed by atoms with E-state index in [-0.39, 0.29) is 5.78 Å². The Morgan fingerprint density at radius 2 is 1.83 bits per heavy atom. The van der Waals surface area contributed by atoms with Crippen molar-refractivity contribution in [3.8, 4) is 0 Å². The fourth-order valence-electron chi connectivity index (χ4n) is 1.95. The largest absolute Gasteiger partial charge is 0.384 e. The maximum atomic E-state index is 11.7. The Morgan fingerprint density at radius 3 is 2.44 bits per heavy atom. The summed E-state index contributed by atoms with van der Waals surface area (Å²) < 4.78 is 4.91. The van der Waals surface area contributed by atoms with Gasteiger partial charge in [0.2, 0.25) is 0 Å². The van der Waals surface area contributed by atoms with Crippen LogP contribution in [0.5, 0.6) is 0 Å². The molecule has 0 aliphatic carbocycles. The van der Waals surface area contributed by atoms with E-state index in [1.54, 1.807) is 7.11 Å². The van der Waals surface area contributed by atoms with Gasteiger partial charge in [-0.1, -0.05) is 50.5 Å². The van der Waals surface area contributed by atoms with Gasteiger partial charge in [-0.25, -0.2) is 0 Å². The summed E-state index contributed by atoms with van der Waals surface area (Å²) in [5.41, 5.74) is 2.12. The van der Waals surface area contributed by atoms with Crippen LogP contribution in [-0.2, 0) is 11.2 Å². The van der Waals surface area contributed by atoms with Gasteiger partial charge in [0.1, 0.15) is 0 Å². The molecule has 0 radical (unpaired) electrons. The van der Waals surface area contributed by atoms with Gasteiger partial charge in [-0.15, -0.1) is 0 Å². The van der Waals surface area contributed by atoms with E-state index in [9.17, 15) is 4.79 Å². The number of unbranched alkanes of at least 4 members (excludes halogenated alkanes) is 3. The number of carbonyl (C=O) groups excluding carboxylic acids is 1. The third-order valence-electron chi connectivity index (χ3n) is 3.13. The third-order valence-corrected chi connectivity index (χ3v) is 3.13. The van der Waals surface area contributed by atoms with Crippen LogP contribution in [0.15, 0.2) is 24.3 Å². The van der Waals surface area contributed by atoms with Crippen LogP contribution in [0.2, 0.25) is 0 Å². The van der Waals surface area contributed by atoms with Crippen LogP contribution in [-0.4, -0.2) is 19.5 Å². The fourth-order valence-corrected chi connectivity index (χ4v) is 1.95. The van der Waals surface area contributed by atoms with Crippen molar-refractivity contribution in [2.75, 3.05) is 13.7 Å². The number of Topliss-reactive ketones (excluding diaryl/α,β-unsaturated/α-hetero) is 1. The lowest BCUT2D eigenvalue weighted by atomic mass is 10.0. The molecule has 0 saturated carbocycles. The minimum atomic E-state index is 0.161. The fraction of sp³-hybridized carbons (Fsp3) is 0.562. The molecule has 1 rings (SSSR count). The number of ether oxygens (including phenoxy) is 1. The zero-order valence-corrected chi connectivity index (χ0v) is 11.6. The Morgan fingerprint density at radius 1 is 1.11 bits per heavy atom. The SMILES string of the molecule is CCCCCCc1ccc(C(=O)CCOC)cc1. The molecule has 0 bridgehead atoms. The van der Waals surface area contributed by atoms with E-state index in [4.69, 9.17) is 4.74 Å². The standard InChI is InChI=1S/C16H24O2/c1-3-4-5-6-7-14-8-10-15(11-9-14)16(17)12-13-18-2/h8-11H,3-7,12-13H2,1-2H3. The third kappa shape index (κ3) is 5.46. The van der Waals surface area contributed by atoms with E-state index in [2.05, 4.69) is 19.1 Å². The maximum absolute atomic E-state index is 11.7. The maximum Gasteiger partial charge on any atom is 0.165 e. The summed E-state index contributed by atoms with van der Waals surface area (Å²) in [5, 5.41) is 0. The molecule has 0 unspecified atom stereocenters. The van der Waals surface area contributed by atoms with Crippen molar-refractivity contribution in [1.29, 1.82) is 0 Å². The number of hydrogen-bond acceptors (Lipinski definition) is 2. The summed E-state index contributed by atoms with van der Waals surface area (Å²) in [7, 11) is 1.62. The molecule has 0 aromatic heterocycles. The van der Waals surface area contributed by atoms with Crippen molar-refractivity contribution in [2.45, 2.75) is 45.4 Å². The van der Waals surface area contributed by atoms with Crippen molar-refractivity contribution < 1.29 is 9.53 Å². The van der Waals surface area contributed by atoms with E-state index in [0.29, 0.717) is 13.0 Å². The number of hydrogen-bond donors (Lipinski definition) is 0. The van der Waals surface area contributed by atoms with Gasteiger partial charge < -0.3 is 4.74 Å². The van der Waals surface area contributed by atoms with E-state index in [0.717, 1.165) is 12.0 Å². The molecule has 1 aromatic rings. The van der Waals surface area contributed by atoms with Crippen molar-refractivity contribution in [3.05, 3.63) is 35.4 Å². The van der Waals surface area contributed by atoms with Gasteiger partial charge in [-0.3, -0.25) is 4.79 Å². The van der Waals surface area contributed by atoms with E-state index >= 15 is 0 Å². The molecule has 2 heteroatoms. The Hall–Kier alpha value is -1.15.